The van der Waals surface area contributed by atoms with E-state index in [4.69, 9.17) is 22.9 Å². The van der Waals surface area contributed by atoms with Crippen molar-refractivity contribution in [3.05, 3.63) is 29.8 Å². The Kier molecular flexibility index (Phi) is 3.84. The van der Waals surface area contributed by atoms with Crippen LogP contribution in [0.3, 0.4) is 0 Å². The van der Waals surface area contributed by atoms with Gasteiger partial charge in [-0.3, -0.25) is 0 Å². The molecule has 0 aliphatic heterocycles. The molecule has 0 radical (unpaired) electrons. The smallest absolute Gasteiger partial charge is 0.211 e. The Morgan fingerprint density at radius 3 is 2.31 bits per heavy atom. The molecular formula is C9H13N7. The van der Waals surface area contributed by atoms with E-state index in [1.54, 1.807) is 18.2 Å². The Labute approximate surface area is 92.5 Å². The molecule has 0 atom stereocenters. The van der Waals surface area contributed by atoms with Crippen LogP contribution in [0.1, 0.15) is 5.56 Å². The van der Waals surface area contributed by atoms with Crippen molar-refractivity contribution in [3.8, 4) is 0 Å². The first-order chi connectivity index (χ1) is 7.59. The Hall–Kier alpha value is -2.57. The summed E-state index contributed by atoms with van der Waals surface area (Å²) in [6, 6.07) is 7.16. The third-order valence-electron chi connectivity index (χ3n) is 1.56. The van der Waals surface area contributed by atoms with E-state index >= 15 is 0 Å². The molecule has 0 unspecified atom stereocenters. The third kappa shape index (κ3) is 3.66. The van der Waals surface area contributed by atoms with Crippen molar-refractivity contribution in [2.45, 2.75) is 0 Å². The molecule has 0 amide bonds. The number of nitrogens with two attached hydrogens (primary N) is 4. The number of para-hydroxylation sites is 1. The van der Waals surface area contributed by atoms with Gasteiger partial charge in [0.2, 0.25) is 5.96 Å². The normalized spacial score (nSPS) is 10.0. The first-order valence-electron chi connectivity index (χ1n) is 4.40. The molecule has 0 heterocycles. The summed E-state index contributed by atoms with van der Waals surface area (Å²) in [5.41, 5.74) is 22.1. The van der Waals surface area contributed by atoms with Gasteiger partial charge in [-0.15, -0.1) is 5.10 Å². The minimum Gasteiger partial charge on any atom is -0.370 e. The van der Waals surface area contributed by atoms with E-state index in [0.29, 0.717) is 11.3 Å². The molecule has 1 rings (SSSR count). The maximum absolute atomic E-state index is 5.29. The number of nitrogens with zero attached hydrogens (tertiary/aromatic N) is 3. The predicted octanol–water partition coefficient (Wildman–Crippen LogP) is -0.801. The molecule has 7 heteroatoms. The second-order valence-corrected chi connectivity index (χ2v) is 2.86. The molecule has 7 nitrogen and oxygen atoms in total. The van der Waals surface area contributed by atoms with E-state index in [9.17, 15) is 0 Å². The maximum Gasteiger partial charge on any atom is 0.211 e. The van der Waals surface area contributed by atoms with Gasteiger partial charge in [-0.05, 0) is 6.07 Å². The highest BCUT2D eigenvalue weighted by Crippen LogP contribution is 2.16. The highest BCUT2D eigenvalue weighted by molar-refractivity contribution is 5.90. The van der Waals surface area contributed by atoms with Crippen LogP contribution in [0.15, 0.2) is 39.5 Å². The van der Waals surface area contributed by atoms with Gasteiger partial charge in [0, 0.05) is 5.56 Å². The maximum atomic E-state index is 5.29. The van der Waals surface area contributed by atoms with Gasteiger partial charge in [0.15, 0.2) is 5.96 Å². The summed E-state index contributed by atoms with van der Waals surface area (Å²) in [5.74, 6) is -0.140. The molecule has 1 aromatic rings. The average molecular weight is 219 g/mol. The minimum absolute atomic E-state index is 0.0253. The molecule has 8 N–H and O–H groups in total. The van der Waals surface area contributed by atoms with E-state index in [1.807, 2.05) is 6.07 Å². The Balaban J connectivity index is 3.00. The van der Waals surface area contributed by atoms with Gasteiger partial charge in [-0.2, -0.15) is 5.10 Å². The summed E-state index contributed by atoms with van der Waals surface area (Å²) < 4.78 is 0. The highest BCUT2D eigenvalue weighted by Gasteiger charge is 1.96. The van der Waals surface area contributed by atoms with Crippen molar-refractivity contribution in [2.24, 2.45) is 38.1 Å². The zero-order valence-corrected chi connectivity index (χ0v) is 8.54. The fourth-order valence-electron chi connectivity index (χ4n) is 0.995. The number of benzene rings is 1. The SMILES string of the molecule is NC(N)=N/N=C/c1ccccc1N=C(N)N. The molecule has 0 bridgehead atoms. The topological polar surface area (TPSA) is 141 Å². The lowest BCUT2D eigenvalue weighted by Gasteiger charge is -1.98. The minimum atomic E-state index is -0.115. The quantitative estimate of drug-likeness (QED) is 0.300. The molecule has 84 valence electrons. The second-order valence-electron chi connectivity index (χ2n) is 2.86. The summed E-state index contributed by atoms with van der Waals surface area (Å²) in [7, 11) is 0. The van der Waals surface area contributed by atoms with Crippen LogP contribution in [0.5, 0.6) is 0 Å². The number of hydrogen-bond donors (Lipinski definition) is 4. The Morgan fingerprint density at radius 2 is 1.69 bits per heavy atom. The van der Waals surface area contributed by atoms with Crippen molar-refractivity contribution in [1.82, 2.24) is 0 Å². The summed E-state index contributed by atoms with van der Waals surface area (Å²) >= 11 is 0. The second kappa shape index (κ2) is 5.35. The van der Waals surface area contributed by atoms with Crippen LogP contribution in [0, 0.1) is 0 Å². The van der Waals surface area contributed by atoms with E-state index < -0.39 is 0 Å². The van der Waals surface area contributed by atoms with Crippen LogP contribution >= 0.6 is 0 Å². The molecule has 0 fully saturated rings. The summed E-state index contributed by atoms with van der Waals surface area (Å²) in [6.45, 7) is 0. The molecule has 0 aliphatic carbocycles. The summed E-state index contributed by atoms with van der Waals surface area (Å²) in [4.78, 5) is 3.93. The van der Waals surface area contributed by atoms with Gasteiger partial charge >= 0.3 is 0 Å². The molecular weight excluding hydrogens is 206 g/mol. The molecule has 0 spiro atoms. The monoisotopic (exact) mass is 219 g/mol. The van der Waals surface area contributed by atoms with Gasteiger partial charge in [0.1, 0.15) is 0 Å². The van der Waals surface area contributed by atoms with Crippen LogP contribution in [-0.2, 0) is 0 Å². The van der Waals surface area contributed by atoms with Crippen LogP contribution in [0.2, 0.25) is 0 Å². The van der Waals surface area contributed by atoms with Crippen molar-refractivity contribution >= 4 is 23.8 Å². The number of hydrogen-bond acceptors (Lipinski definition) is 3. The fourth-order valence-corrected chi connectivity index (χ4v) is 0.995. The Morgan fingerprint density at radius 1 is 1.00 bits per heavy atom. The number of aliphatic imine (C=N–C) groups is 1. The largest absolute Gasteiger partial charge is 0.370 e. The van der Waals surface area contributed by atoms with Crippen molar-refractivity contribution in [2.75, 3.05) is 0 Å². The molecule has 1 aromatic carbocycles. The van der Waals surface area contributed by atoms with E-state index in [1.165, 1.54) is 6.21 Å². The van der Waals surface area contributed by atoms with Crippen LogP contribution < -0.4 is 22.9 Å². The molecule has 0 aliphatic rings. The van der Waals surface area contributed by atoms with Gasteiger partial charge in [-0.25, -0.2) is 4.99 Å². The van der Waals surface area contributed by atoms with Crippen molar-refractivity contribution in [1.29, 1.82) is 0 Å². The Bertz CT molecular complexity index is 439. The van der Waals surface area contributed by atoms with Crippen molar-refractivity contribution < 1.29 is 0 Å². The van der Waals surface area contributed by atoms with Gasteiger partial charge in [0.05, 0.1) is 11.9 Å². The van der Waals surface area contributed by atoms with Crippen molar-refractivity contribution in [3.63, 3.8) is 0 Å². The molecule has 16 heavy (non-hydrogen) atoms. The highest BCUT2D eigenvalue weighted by atomic mass is 15.3. The molecule has 0 saturated heterocycles. The van der Waals surface area contributed by atoms with Gasteiger partial charge in [-0.1, -0.05) is 18.2 Å². The first kappa shape index (κ1) is 11.5. The lowest BCUT2D eigenvalue weighted by Crippen LogP contribution is -2.22. The zero-order valence-electron chi connectivity index (χ0n) is 8.54. The molecule has 0 saturated carbocycles. The number of guanidine groups is 2. The average Bonchev–Trinajstić information content (AvgIpc) is 2.19. The molecule has 0 aromatic heterocycles. The van der Waals surface area contributed by atoms with Crippen LogP contribution in [-0.4, -0.2) is 18.1 Å². The third-order valence-corrected chi connectivity index (χ3v) is 1.56. The fraction of sp³-hybridized carbons (Fsp3) is 0. The van der Waals surface area contributed by atoms with Gasteiger partial charge in [0.25, 0.3) is 0 Å². The lowest BCUT2D eigenvalue weighted by atomic mass is 10.2. The lowest BCUT2D eigenvalue weighted by molar-refractivity contribution is 1.21. The van der Waals surface area contributed by atoms with Gasteiger partial charge < -0.3 is 22.9 Å². The predicted molar refractivity (Wildman–Crippen MR) is 65.3 cm³/mol. The van der Waals surface area contributed by atoms with Crippen LogP contribution in [0.4, 0.5) is 5.69 Å². The summed E-state index contributed by atoms with van der Waals surface area (Å²) in [5, 5.41) is 7.14. The zero-order chi connectivity index (χ0) is 12.0. The van der Waals surface area contributed by atoms with E-state index in [0.717, 1.165) is 0 Å². The van der Waals surface area contributed by atoms with Crippen LogP contribution in [0.25, 0.3) is 0 Å². The van der Waals surface area contributed by atoms with E-state index in [2.05, 4.69) is 15.2 Å². The number of rotatable bonds is 3. The first-order valence-corrected chi connectivity index (χ1v) is 4.40. The summed E-state index contributed by atoms with van der Waals surface area (Å²) in [6.07, 6.45) is 1.46. The van der Waals surface area contributed by atoms with E-state index in [-0.39, 0.29) is 11.9 Å². The standard InChI is InChI=1S/C9H13N7/c10-8(11)15-7-4-2-1-3-6(7)5-14-16-9(12)13/h1-5H,(H4,10,11,15)(H4,12,13,16)/b14-5+.